The van der Waals surface area contributed by atoms with E-state index in [0.29, 0.717) is 18.8 Å². The number of rotatable bonds is 3. The number of carbonyl (C=O) groups is 2. The number of morpholine rings is 1. The van der Waals surface area contributed by atoms with Gasteiger partial charge in [-0.25, -0.2) is 4.79 Å². The minimum atomic E-state index is -0.696. The minimum absolute atomic E-state index is 0.0483. The first-order chi connectivity index (χ1) is 9.60. The van der Waals surface area contributed by atoms with Crippen LogP contribution in [0.5, 0.6) is 0 Å². The Balaban J connectivity index is 1.97. The van der Waals surface area contributed by atoms with Crippen molar-refractivity contribution in [2.45, 2.75) is 12.5 Å². The van der Waals surface area contributed by atoms with Gasteiger partial charge in [0, 0.05) is 12.2 Å². The summed E-state index contributed by atoms with van der Waals surface area (Å²) in [6, 6.07) is 7.22. The standard InChI is InChI=1S/C14H18N2O4/c1-19-14(18)12-9-16(5-6-20-12)13(17)8-10-3-2-4-11(15)7-10/h2-4,7,12H,5-6,8-9,15H2,1H3. The molecular weight excluding hydrogens is 260 g/mol. The average molecular weight is 278 g/mol. The van der Waals surface area contributed by atoms with Crippen LogP contribution in [0.1, 0.15) is 5.56 Å². The maximum atomic E-state index is 12.2. The molecule has 0 radical (unpaired) electrons. The Labute approximate surface area is 117 Å². The summed E-state index contributed by atoms with van der Waals surface area (Å²) in [6.07, 6.45) is -0.433. The van der Waals surface area contributed by atoms with Crippen LogP contribution in [0, 0.1) is 0 Å². The molecule has 1 aromatic carbocycles. The molecule has 0 spiro atoms. The van der Waals surface area contributed by atoms with E-state index in [4.69, 9.17) is 10.5 Å². The van der Waals surface area contributed by atoms with Gasteiger partial charge in [0.1, 0.15) is 0 Å². The van der Waals surface area contributed by atoms with Crippen LogP contribution in [-0.2, 0) is 25.5 Å². The van der Waals surface area contributed by atoms with E-state index in [1.807, 2.05) is 12.1 Å². The molecule has 1 atom stereocenters. The lowest BCUT2D eigenvalue weighted by Gasteiger charge is -2.31. The fourth-order valence-electron chi connectivity index (χ4n) is 2.14. The SMILES string of the molecule is COC(=O)C1CN(C(=O)Cc2cccc(N)c2)CCO1. The third-order valence-corrected chi connectivity index (χ3v) is 3.19. The van der Waals surface area contributed by atoms with E-state index in [1.165, 1.54) is 7.11 Å². The van der Waals surface area contributed by atoms with Crippen molar-refractivity contribution in [1.82, 2.24) is 4.90 Å². The van der Waals surface area contributed by atoms with Gasteiger partial charge in [0.15, 0.2) is 6.10 Å². The number of nitrogens with zero attached hydrogens (tertiary/aromatic N) is 1. The highest BCUT2D eigenvalue weighted by Gasteiger charge is 2.29. The quantitative estimate of drug-likeness (QED) is 0.631. The van der Waals surface area contributed by atoms with Gasteiger partial charge in [-0.1, -0.05) is 12.1 Å². The number of nitrogens with two attached hydrogens (primary N) is 1. The predicted molar refractivity (Wildman–Crippen MR) is 72.9 cm³/mol. The highest BCUT2D eigenvalue weighted by molar-refractivity contribution is 5.81. The molecule has 6 nitrogen and oxygen atoms in total. The van der Waals surface area contributed by atoms with Crippen molar-refractivity contribution >= 4 is 17.6 Å². The first-order valence-corrected chi connectivity index (χ1v) is 6.42. The molecule has 1 amide bonds. The molecule has 0 aliphatic carbocycles. The number of benzene rings is 1. The Morgan fingerprint density at radius 3 is 3.00 bits per heavy atom. The molecular formula is C14H18N2O4. The van der Waals surface area contributed by atoms with Gasteiger partial charge >= 0.3 is 5.97 Å². The smallest absolute Gasteiger partial charge is 0.336 e. The van der Waals surface area contributed by atoms with Gasteiger partial charge in [-0.05, 0) is 17.7 Å². The molecule has 1 heterocycles. The van der Waals surface area contributed by atoms with Crippen LogP contribution < -0.4 is 5.73 Å². The zero-order valence-corrected chi connectivity index (χ0v) is 11.4. The zero-order chi connectivity index (χ0) is 14.5. The largest absolute Gasteiger partial charge is 0.467 e. The molecule has 1 saturated heterocycles. The van der Waals surface area contributed by atoms with Gasteiger partial charge in [-0.3, -0.25) is 4.79 Å². The first-order valence-electron chi connectivity index (χ1n) is 6.42. The summed E-state index contributed by atoms with van der Waals surface area (Å²) in [5, 5.41) is 0. The fraction of sp³-hybridized carbons (Fsp3) is 0.429. The number of hydrogen-bond acceptors (Lipinski definition) is 5. The van der Waals surface area contributed by atoms with Crippen LogP contribution in [0.3, 0.4) is 0 Å². The van der Waals surface area contributed by atoms with Gasteiger partial charge in [-0.15, -0.1) is 0 Å². The monoisotopic (exact) mass is 278 g/mol. The topological polar surface area (TPSA) is 81.9 Å². The summed E-state index contributed by atoms with van der Waals surface area (Å²) in [5.41, 5.74) is 7.17. The Kier molecular flexibility index (Phi) is 4.57. The van der Waals surface area contributed by atoms with E-state index >= 15 is 0 Å². The summed E-state index contributed by atoms with van der Waals surface area (Å²) >= 11 is 0. The normalized spacial score (nSPS) is 18.6. The van der Waals surface area contributed by atoms with Gasteiger partial charge < -0.3 is 20.1 Å². The van der Waals surface area contributed by atoms with Crippen molar-refractivity contribution in [3.05, 3.63) is 29.8 Å². The Bertz CT molecular complexity index is 504. The van der Waals surface area contributed by atoms with Gasteiger partial charge in [0.25, 0.3) is 0 Å². The number of hydrogen-bond donors (Lipinski definition) is 1. The number of ether oxygens (including phenoxy) is 2. The first kappa shape index (κ1) is 14.3. The number of nitrogen functional groups attached to an aromatic ring is 1. The van der Waals surface area contributed by atoms with Crippen LogP contribution in [0.25, 0.3) is 0 Å². The molecule has 108 valence electrons. The number of carbonyl (C=O) groups excluding carboxylic acids is 2. The highest BCUT2D eigenvalue weighted by Crippen LogP contribution is 2.12. The van der Waals surface area contributed by atoms with Crippen molar-refractivity contribution in [3.63, 3.8) is 0 Å². The predicted octanol–water partition coefficient (Wildman–Crippen LogP) is 0.212. The second-order valence-corrected chi connectivity index (χ2v) is 4.64. The Morgan fingerprint density at radius 2 is 2.30 bits per heavy atom. The lowest BCUT2D eigenvalue weighted by Crippen LogP contribution is -2.49. The number of esters is 1. The summed E-state index contributed by atoms with van der Waals surface area (Å²) in [6.45, 7) is 1.05. The van der Waals surface area contributed by atoms with E-state index in [1.54, 1.807) is 17.0 Å². The van der Waals surface area contributed by atoms with Crippen LogP contribution in [0.15, 0.2) is 24.3 Å². The molecule has 1 fully saturated rings. The van der Waals surface area contributed by atoms with Gasteiger partial charge in [0.2, 0.25) is 5.91 Å². The lowest BCUT2D eigenvalue weighted by molar-refractivity contribution is -0.162. The zero-order valence-electron chi connectivity index (χ0n) is 11.4. The summed E-state index contributed by atoms with van der Waals surface area (Å²) in [5.74, 6) is -0.501. The molecule has 1 aromatic rings. The molecule has 6 heteroatoms. The van der Waals surface area contributed by atoms with Crippen molar-refractivity contribution in [2.75, 3.05) is 32.5 Å². The van der Waals surface area contributed by atoms with Crippen molar-refractivity contribution < 1.29 is 19.1 Å². The molecule has 0 aromatic heterocycles. The van der Waals surface area contributed by atoms with Crippen molar-refractivity contribution in [1.29, 1.82) is 0 Å². The Morgan fingerprint density at radius 1 is 1.50 bits per heavy atom. The maximum Gasteiger partial charge on any atom is 0.336 e. The molecule has 0 saturated carbocycles. The molecule has 2 rings (SSSR count). The summed E-state index contributed by atoms with van der Waals surface area (Å²) in [4.78, 5) is 25.3. The molecule has 1 aliphatic rings. The molecule has 2 N–H and O–H groups in total. The molecule has 0 bridgehead atoms. The highest BCUT2D eigenvalue weighted by atomic mass is 16.6. The lowest BCUT2D eigenvalue weighted by atomic mass is 10.1. The van der Waals surface area contributed by atoms with Crippen LogP contribution >= 0.6 is 0 Å². The van der Waals surface area contributed by atoms with Gasteiger partial charge in [-0.2, -0.15) is 0 Å². The van der Waals surface area contributed by atoms with E-state index in [-0.39, 0.29) is 18.9 Å². The van der Waals surface area contributed by atoms with E-state index in [0.717, 1.165) is 5.56 Å². The summed E-state index contributed by atoms with van der Waals surface area (Å²) < 4.78 is 9.93. The molecule has 20 heavy (non-hydrogen) atoms. The number of methoxy groups -OCH3 is 1. The van der Waals surface area contributed by atoms with Crippen LogP contribution in [0.2, 0.25) is 0 Å². The second kappa shape index (κ2) is 6.38. The maximum absolute atomic E-state index is 12.2. The number of anilines is 1. The van der Waals surface area contributed by atoms with E-state index in [2.05, 4.69) is 4.74 Å². The minimum Gasteiger partial charge on any atom is -0.467 e. The third kappa shape index (κ3) is 3.48. The van der Waals surface area contributed by atoms with E-state index < -0.39 is 12.1 Å². The molecule has 1 aliphatic heterocycles. The van der Waals surface area contributed by atoms with Crippen LogP contribution in [-0.4, -0.2) is 49.7 Å². The Hall–Kier alpha value is -2.08. The van der Waals surface area contributed by atoms with Crippen molar-refractivity contribution in [3.8, 4) is 0 Å². The fourth-order valence-corrected chi connectivity index (χ4v) is 2.14. The van der Waals surface area contributed by atoms with E-state index in [9.17, 15) is 9.59 Å². The summed E-state index contributed by atoms with van der Waals surface area (Å²) in [7, 11) is 1.30. The second-order valence-electron chi connectivity index (χ2n) is 4.64. The average Bonchev–Trinajstić information content (AvgIpc) is 2.46. The number of amides is 1. The van der Waals surface area contributed by atoms with Crippen LogP contribution in [0.4, 0.5) is 5.69 Å². The van der Waals surface area contributed by atoms with Gasteiger partial charge in [0.05, 0.1) is 26.7 Å². The van der Waals surface area contributed by atoms with Crippen molar-refractivity contribution in [2.24, 2.45) is 0 Å². The molecule has 1 unspecified atom stereocenters. The third-order valence-electron chi connectivity index (χ3n) is 3.19.